The molecule has 0 saturated carbocycles. The standard InChI is InChI=1S/C17H19N7O2S/c1-11-3-6-13(7-4-11)27(25,26)24-23-17-15(18)16(20-10-21-17)22-14-8-5-12(2)9-19-14/h3-10,24H,18H2,1-2H3,(H2,19,20,21,22,23). The Morgan fingerprint density at radius 2 is 1.56 bits per heavy atom. The second-order valence-electron chi connectivity index (χ2n) is 5.87. The van der Waals surface area contributed by atoms with E-state index in [-0.39, 0.29) is 16.4 Å². The predicted molar refractivity (Wildman–Crippen MR) is 104 cm³/mol. The van der Waals surface area contributed by atoms with Crippen LogP contribution in [-0.2, 0) is 10.0 Å². The number of anilines is 4. The first-order valence-corrected chi connectivity index (χ1v) is 9.48. The SMILES string of the molecule is Cc1ccc(S(=O)(=O)NNc2ncnc(Nc3ccc(C)cn3)c2N)cc1. The number of benzene rings is 1. The molecule has 0 radical (unpaired) electrons. The van der Waals surface area contributed by atoms with Gasteiger partial charge in [0.05, 0.1) is 4.90 Å². The molecule has 0 aliphatic carbocycles. The third kappa shape index (κ3) is 4.49. The average molecular weight is 385 g/mol. The van der Waals surface area contributed by atoms with Gasteiger partial charge in [-0.1, -0.05) is 23.8 Å². The zero-order chi connectivity index (χ0) is 19.4. The summed E-state index contributed by atoms with van der Waals surface area (Å²) in [6.07, 6.45) is 2.96. The normalized spacial score (nSPS) is 11.2. The molecule has 3 rings (SSSR count). The molecule has 0 atom stereocenters. The molecule has 0 fully saturated rings. The number of nitrogens with two attached hydrogens (primary N) is 1. The van der Waals surface area contributed by atoms with Crippen LogP contribution < -0.4 is 21.3 Å². The number of pyridine rings is 1. The van der Waals surface area contributed by atoms with Crippen molar-refractivity contribution < 1.29 is 8.42 Å². The van der Waals surface area contributed by atoms with Crippen LogP contribution in [0, 0.1) is 13.8 Å². The van der Waals surface area contributed by atoms with Crippen LogP contribution >= 0.6 is 0 Å². The minimum atomic E-state index is -3.78. The summed E-state index contributed by atoms with van der Waals surface area (Å²) in [4.78, 5) is 14.6. The van der Waals surface area contributed by atoms with Gasteiger partial charge < -0.3 is 11.1 Å². The molecule has 0 saturated heterocycles. The molecule has 0 aliphatic heterocycles. The minimum Gasteiger partial charge on any atom is -0.393 e. The van der Waals surface area contributed by atoms with Crippen LogP contribution in [0.5, 0.6) is 0 Å². The van der Waals surface area contributed by atoms with E-state index in [4.69, 9.17) is 5.73 Å². The maximum atomic E-state index is 12.4. The number of nitrogen functional groups attached to an aromatic ring is 1. The Hall–Kier alpha value is -3.24. The molecule has 1 aromatic carbocycles. The molecule has 10 heteroatoms. The Kier molecular flexibility index (Phi) is 5.19. The second-order valence-corrected chi connectivity index (χ2v) is 7.56. The number of hydrazine groups is 1. The Morgan fingerprint density at radius 3 is 2.22 bits per heavy atom. The van der Waals surface area contributed by atoms with Crippen LogP contribution in [0.3, 0.4) is 0 Å². The van der Waals surface area contributed by atoms with Gasteiger partial charge in [0, 0.05) is 6.20 Å². The van der Waals surface area contributed by atoms with Gasteiger partial charge in [0.15, 0.2) is 11.6 Å². The summed E-state index contributed by atoms with van der Waals surface area (Å²) in [5.41, 5.74) is 10.7. The lowest BCUT2D eigenvalue weighted by molar-refractivity contribution is 0.587. The molecule has 140 valence electrons. The summed E-state index contributed by atoms with van der Waals surface area (Å²) in [6.45, 7) is 3.80. The quantitative estimate of drug-likeness (QED) is 0.474. The average Bonchev–Trinajstić information content (AvgIpc) is 2.64. The maximum absolute atomic E-state index is 12.4. The van der Waals surface area contributed by atoms with Crippen molar-refractivity contribution in [2.75, 3.05) is 16.5 Å². The molecule has 2 aromatic heterocycles. The Morgan fingerprint density at radius 1 is 0.889 bits per heavy atom. The molecule has 0 unspecified atom stereocenters. The van der Waals surface area contributed by atoms with E-state index in [9.17, 15) is 8.42 Å². The number of aromatic nitrogens is 3. The van der Waals surface area contributed by atoms with Crippen molar-refractivity contribution in [3.05, 3.63) is 60.0 Å². The van der Waals surface area contributed by atoms with Gasteiger partial charge in [0.2, 0.25) is 0 Å². The Labute approximate surface area is 157 Å². The first kappa shape index (κ1) is 18.5. The molecular weight excluding hydrogens is 366 g/mol. The molecule has 0 amide bonds. The van der Waals surface area contributed by atoms with Crippen molar-refractivity contribution in [1.29, 1.82) is 0 Å². The van der Waals surface area contributed by atoms with E-state index in [1.165, 1.54) is 18.5 Å². The molecule has 0 bridgehead atoms. The van der Waals surface area contributed by atoms with Crippen molar-refractivity contribution in [2.24, 2.45) is 0 Å². The molecule has 0 spiro atoms. The van der Waals surface area contributed by atoms with Gasteiger partial charge in [-0.15, -0.1) is 4.83 Å². The smallest absolute Gasteiger partial charge is 0.257 e. The van der Waals surface area contributed by atoms with Crippen molar-refractivity contribution in [1.82, 2.24) is 19.8 Å². The van der Waals surface area contributed by atoms with Crippen LogP contribution in [0.4, 0.5) is 23.1 Å². The number of sulfonamides is 1. The number of aryl methyl sites for hydroxylation is 2. The first-order valence-electron chi connectivity index (χ1n) is 8.00. The first-order chi connectivity index (χ1) is 12.8. The largest absolute Gasteiger partial charge is 0.393 e. The third-order valence-corrected chi connectivity index (χ3v) is 4.94. The van der Waals surface area contributed by atoms with Crippen LogP contribution in [0.15, 0.2) is 53.8 Å². The van der Waals surface area contributed by atoms with Gasteiger partial charge >= 0.3 is 0 Å². The number of rotatable bonds is 6. The number of hydrogen-bond donors (Lipinski definition) is 4. The minimum absolute atomic E-state index is 0.121. The fraction of sp³-hybridized carbons (Fsp3) is 0.118. The van der Waals surface area contributed by atoms with Gasteiger partial charge in [0.25, 0.3) is 10.0 Å². The topological polar surface area (TPSA) is 135 Å². The second kappa shape index (κ2) is 7.56. The van der Waals surface area contributed by atoms with E-state index < -0.39 is 10.0 Å². The Bertz CT molecular complexity index is 1040. The predicted octanol–water partition coefficient (Wildman–Crippen LogP) is 2.12. The summed E-state index contributed by atoms with van der Waals surface area (Å²) in [5.74, 6) is 0.978. The third-order valence-electron chi connectivity index (χ3n) is 3.68. The Balaban J connectivity index is 1.75. The van der Waals surface area contributed by atoms with Crippen LogP contribution in [0.2, 0.25) is 0 Å². The summed E-state index contributed by atoms with van der Waals surface area (Å²) in [5, 5.41) is 2.97. The van der Waals surface area contributed by atoms with E-state index in [1.807, 2.05) is 19.9 Å². The van der Waals surface area contributed by atoms with Gasteiger partial charge in [-0.05, 0) is 37.6 Å². The summed E-state index contributed by atoms with van der Waals surface area (Å²) in [7, 11) is -3.78. The number of nitrogens with one attached hydrogen (secondary N) is 3. The van der Waals surface area contributed by atoms with Crippen molar-refractivity contribution in [3.63, 3.8) is 0 Å². The monoisotopic (exact) mass is 385 g/mol. The molecule has 3 aromatic rings. The van der Waals surface area contributed by atoms with Gasteiger partial charge in [-0.2, -0.15) is 0 Å². The van der Waals surface area contributed by atoms with E-state index in [1.54, 1.807) is 24.4 Å². The molecule has 0 aliphatic rings. The molecule has 2 heterocycles. The summed E-state index contributed by atoms with van der Waals surface area (Å²) >= 11 is 0. The maximum Gasteiger partial charge on any atom is 0.257 e. The highest BCUT2D eigenvalue weighted by Crippen LogP contribution is 2.24. The van der Waals surface area contributed by atoms with Crippen molar-refractivity contribution >= 4 is 33.2 Å². The summed E-state index contributed by atoms with van der Waals surface area (Å²) < 4.78 is 24.7. The number of nitrogens with zero attached hydrogens (tertiary/aromatic N) is 3. The molecular formula is C17H19N7O2S. The zero-order valence-electron chi connectivity index (χ0n) is 14.8. The van der Waals surface area contributed by atoms with Gasteiger partial charge in [-0.25, -0.2) is 23.4 Å². The van der Waals surface area contributed by atoms with E-state index in [0.29, 0.717) is 11.6 Å². The zero-order valence-corrected chi connectivity index (χ0v) is 15.6. The molecule has 5 N–H and O–H groups in total. The van der Waals surface area contributed by atoms with Crippen molar-refractivity contribution in [3.8, 4) is 0 Å². The van der Waals surface area contributed by atoms with Gasteiger partial charge in [-0.3, -0.25) is 5.43 Å². The molecule has 9 nitrogen and oxygen atoms in total. The lowest BCUT2D eigenvalue weighted by Crippen LogP contribution is -2.30. The van der Waals surface area contributed by atoms with E-state index in [0.717, 1.165) is 11.1 Å². The fourth-order valence-corrected chi connectivity index (χ4v) is 2.99. The fourth-order valence-electron chi connectivity index (χ4n) is 2.15. The van der Waals surface area contributed by atoms with Crippen LogP contribution in [-0.4, -0.2) is 23.4 Å². The summed E-state index contributed by atoms with van der Waals surface area (Å²) in [6, 6.07) is 10.1. The lowest BCUT2D eigenvalue weighted by Gasteiger charge is -2.13. The molecule has 27 heavy (non-hydrogen) atoms. The highest BCUT2D eigenvalue weighted by atomic mass is 32.2. The van der Waals surface area contributed by atoms with Crippen LogP contribution in [0.25, 0.3) is 0 Å². The van der Waals surface area contributed by atoms with Crippen LogP contribution in [0.1, 0.15) is 11.1 Å². The highest BCUT2D eigenvalue weighted by molar-refractivity contribution is 7.89. The van der Waals surface area contributed by atoms with Gasteiger partial charge in [0.1, 0.15) is 17.8 Å². The highest BCUT2D eigenvalue weighted by Gasteiger charge is 2.15. The van der Waals surface area contributed by atoms with E-state index >= 15 is 0 Å². The number of hydrogen-bond acceptors (Lipinski definition) is 8. The van der Waals surface area contributed by atoms with E-state index in [2.05, 4.69) is 30.5 Å². The van der Waals surface area contributed by atoms with Crippen molar-refractivity contribution in [2.45, 2.75) is 18.7 Å². The lowest BCUT2D eigenvalue weighted by atomic mass is 10.2.